The summed E-state index contributed by atoms with van der Waals surface area (Å²) in [4.78, 5) is 7.64. The Balaban J connectivity index is 2.41. The molecule has 0 amide bonds. The van der Waals surface area contributed by atoms with Crippen LogP contribution in [0.25, 0.3) is 0 Å². The number of anilines is 3. The highest BCUT2D eigenvalue weighted by molar-refractivity contribution is 5.60. The molecule has 0 aliphatic carbocycles. The topological polar surface area (TPSA) is 63.8 Å². The first-order valence-corrected chi connectivity index (χ1v) is 4.88. The van der Waals surface area contributed by atoms with Crippen LogP contribution < -0.4 is 11.1 Å². The first-order chi connectivity index (χ1) is 8.08. The monoisotopic (exact) mass is 236 g/mol. The molecule has 2 aromatic rings. The van der Waals surface area contributed by atoms with E-state index >= 15 is 0 Å². The third-order valence-corrected chi connectivity index (χ3v) is 2.20. The molecule has 0 radical (unpaired) electrons. The molecular weight excluding hydrogens is 226 g/mol. The predicted molar refractivity (Wildman–Crippen MR) is 60.8 cm³/mol. The Bertz CT molecular complexity index is 537. The molecule has 0 saturated carbocycles. The van der Waals surface area contributed by atoms with Crippen molar-refractivity contribution in [1.82, 2.24) is 9.97 Å². The number of nitrogen functional groups attached to an aromatic ring is 1. The number of hydrogen-bond donors (Lipinski definition) is 2. The number of hydrogen-bond acceptors (Lipinski definition) is 4. The van der Waals surface area contributed by atoms with Crippen LogP contribution in [0.5, 0.6) is 0 Å². The van der Waals surface area contributed by atoms with Crippen molar-refractivity contribution in [2.24, 2.45) is 0 Å². The van der Waals surface area contributed by atoms with Gasteiger partial charge in [0.2, 0.25) is 5.95 Å². The van der Waals surface area contributed by atoms with Crippen molar-refractivity contribution < 1.29 is 8.78 Å². The van der Waals surface area contributed by atoms with E-state index in [4.69, 9.17) is 5.73 Å². The van der Waals surface area contributed by atoms with E-state index in [1.165, 1.54) is 12.3 Å². The summed E-state index contributed by atoms with van der Waals surface area (Å²) in [7, 11) is 0. The molecule has 0 spiro atoms. The highest BCUT2D eigenvalue weighted by atomic mass is 19.1. The number of aromatic nitrogens is 2. The molecule has 3 N–H and O–H groups in total. The molecule has 17 heavy (non-hydrogen) atoms. The van der Waals surface area contributed by atoms with Crippen molar-refractivity contribution in [2.45, 2.75) is 6.92 Å². The lowest BCUT2D eigenvalue weighted by molar-refractivity contribution is 0.590. The number of nitrogens with one attached hydrogen (secondary N) is 1. The van der Waals surface area contributed by atoms with Crippen LogP contribution in [0.1, 0.15) is 5.56 Å². The van der Waals surface area contributed by atoms with Crippen LogP contribution in [-0.2, 0) is 0 Å². The van der Waals surface area contributed by atoms with Crippen molar-refractivity contribution in [2.75, 3.05) is 11.1 Å². The SMILES string of the molecule is Cc1cnc(N)nc1Nc1c(F)cccc1F. The molecular formula is C11H10F2N4. The van der Waals surface area contributed by atoms with Crippen molar-refractivity contribution >= 4 is 17.5 Å². The van der Waals surface area contributed by atoms with E-state index in [2.05, 4.69) is 15.3 Å². The number of halogens is 2. The molecule has 1 aromatic carbocycles. The zero-order valence-electron chi connectivity index (χ0n) is 9.04. The van der Waals surface area contributed by atoms with Crippen LogP contribution in [-0.4, -0.2) is 9.97 Å². The van der Waals surface area contributed by atoms with E-state index in [-0.39, 0.29) is 17.5 Å². The Morgan fingerprint density at radius 2 is 1.88 bits per heavy atom. The van der Waals surface area contributed by atoms with Gasteiger partial charge in [-0.2, -0.15) is 4.98 Å². The summed E-state index contributed by atoms with van der Waals surface area (Å²) in [5, 5.41) is 2.57. The number of nitrogens with zero attached hydrogens (tertiary/aromatic N) is 2. The second kappa shape index (κ2) is 4.32. The third kappa shape index (κ3) is 2.30. The van der Waals surface area contributed by atoms with Gasteiger partial charge < -0.3 is 11.1 Å². The van der Waals surface area contributed by atoms with E-state index in [0.29, 0.717) is 5.56 Å². The minimum atomic E-state index is -0.693. The van der Waals surface area contributed by atoms with Gasteiger partial charge >= 0.3 is 0 Å². The van der Waals surface area contributed by atoms with Crippen LogP contribution in [0.2, 0.25) is 0 Å². The molecule has 0 unspecified atom stereocenters. The lowest BCUT2D eigenvalue weighted by Crippen LogP contribution is -2.04. The Hall–Kier alpha value is -2.24. The summed E-state index contributed by atoms with van der Waals surface area (Å²) < 4.78 is 26.8. The minimum absolute atomic E-state index is 0.0369. The largest absolute Gasteiger partial charge is 0.368 e. The molecule has 88 valence electrons. The van der Waals surface area contributed by atoms with Gasteiger partial charge in [-0.3, -0.25) is 0 Å². The van der Waals surface area contributed by atoms with Crippen molar-refractivity contribution in [3.63, 3.8) is 0 Å². The van der Waals surface area contributed by atoms with Crippen molar-refractivity contribution in [3.05, 3.63) is 41.6 Å². The van der Waals surface area contributed by atoms with E-state index in [1.54, 1.807) is 6.92 Å². The van der Waals surface area contributed by atoms with Gasteiger partial charge in [0.1, 0.15) is 23.1 Å². The molecule has 0 fully saturated rings. The Kier molecular flexibility index (Phi) is 2.86. The van der Waals surface area contributed by atoms with Gasteiger partial charge in [0.05, 0.1) is 0 Å². The summed E-state index contributed by atoms with van der Waals surface area (Å²) in [6, 6.07) is 3.60. The standard InChI is InChI=1S/C11H10F2N4/c1-6-5-15-11(14)17-10(6)16-9-7(12)3-2-4-8(9)13/h2-5H,1H3,(H3,14,15,16,17). The fourth-order valence-corrected chi connectivity index (χ4v) is 1.32. The molecule has 0 aliphatic heterocycles. The number of benzene rings is 1. The maximum Gasteiger partial charge on any atom is 0.221 e. The molecule has 0 saturated heterocycles. The van der Waals surface area contributed by atoms with Crippen LogP contribution in [0, 0.1) is 18.6 Å². The van der Waals surface area contributed by atoms with Gasteiger partial charge in [0, 0.05) is 11.8 Å². The van der Waals surface area contributed by atoms with Gasteiger partial charge in [-0.1, -0.05) is 6.07 Å². The summed E-state index contributed by atoms with van der Waals surface area (Å²) in [5.74, 6) is -1.07. The van der Waals surface area contributed by atoms with E-state index in [9.17, 15) is 8.78 Å². The number of nitrogens with two attached hydrogens (primary N) is 1. The van der Waals surface area contributed by atoms with Crippen LogP contribution in [0.15, 0.2) is 24.4 Å². The molecule has 0 atom stereocenters. The van der Waals surface area contributed by atoms with E-state index in [1.807, 2.05) is 0 Å². The molecule has 1 aromatic heterocycles. The van der Waals surface area contributed by atoms with E-state index in [0.717, 1.165) is 12.1 Å². The minimum Gasteiger partial charge on any atom is -0.368 e. The van der Waals surface area contributed by atoms with Crippen molar-refractivity contribution in [3.8, 4) is 0 Å². The highest BCUT2D eigenvalue weighted by Crippen LogP contribution is 2.23. The average molecular weight is 236 g/mol. The van der Waals surface area contributed by atoms with Crippen molar-refractivity contribution in [1.29, 1.82) is 0 Å². The lowest BCUT2D eigenvalue weighted by Gasteiger charge is -2.10. The molecule has 4 nitrogen and oxygen atoms in total. The Morgan fingerprint density at radius 1 is 1.24 bits per heavy atom. The fourth-order valence-electron chi connectivity index (χ4n) is 1.32. The Labute approximate surface area is 96.5 Å². The quantitative estimate of drug-likeness (QED) is 0.840. The highest BCUT2D eigenvalue weighted by Gasteiger charge is 2.10. The van der Waals surface area contributed by atoms with Crippen LogP contribution in [0.3, 0.4) is 0 Å². The molecule has 2 rings (SSSR count). The summed E-state index contributed by atoms with van der Waals surface area (Å²) in [6.07, 6.45) is 1.48. The second-order valence-corrected chi connectivity index (χ2v) is 3.48. The number of para-hydroxylation sites is 1. The second-order valence-electron chi connectivity index (χ2n) is 3.48. The predicted octanol–water partition coefficient (Wildman–Crippen LogP) is 2.39. The zero-order chi connectivity index (χ0) is 12.4. The molecule has 6 heteroatoms. The average Bonchev–Trinajstić information content (AvgIpc) is 2.28. The summed E-state index contributed by atoms with van der Waals surface area (Å²) >= 11 is 0. The third-order valence-electron chi connectivity index (χ3n) is 2.20. The van der Waals surface area contributed by atoms with Gasteiger partial charge in [-0.15, -0.1) is 0 Å². The number of rotatable bonds is 2. The molecule has 1 heterocycles. The van der Waals surface area contributed by atoms with E-state index < -0.39 is 11.6 Å². The van der Waals surface area contributed by atoms with Crippen LogP contribution in [0.4, 0.5) is 26.2 Å². The molecule has 0 aliphatic rings. The molecule has 0 bridgehead atoms. The van der Waals surface area contributed by atoms with Crippen LogP contribution >= 0.6 is 0 Å². The van der Waals surface area contributed by atoms with Gasteiger partial charge in [0.15, 0.2) is 0 Å². The fraction of sp³-hybridized carbons (Fsp3) is 0.0909. The van der Waals surface area contributed by atoms with Gasteiger partial charge in [0.25, 0.3) is 0 Å². The van der Waals surface area contributed by atoms with Gasteiger partial charge in [-0.25, -0.2) is 13.8 Å². The smallest absolute Gasteiger partial charge is 0.221 e. The summed E-state index contributed by atoms with van der Waals surface area (Å²) in [5.41, 5.74) is 5.79. The Morgan fingerprint density at radius 3 is 2.53 bits per heavy atom. The van der Waals surface area contributed by atoms with Gasteiger partial charge in [-0.05, 0) is 19.1 Å². The maximum atomic E-state index is 13.4. The lowest BCUT2D eigenvalue weighted by atomic mass is 10.2. The first-order valence-electron chi connectivity index (χ1n) is 4.88. The summed E-state index contributed by atoms with van der Waals surface area (Å²) in [6.45, 7) is 1.71. The normalized spacial score (nSPS) is 10.3. The number of aryl methyl sites for hydroxylation is 1. The zero-order valence-corrected chi connectivity index (χ0v) is 9.04. The maximum absolute atomic E-state index is 13.4. The first kappa shape index (κ1) is 11.3.